The van der Waals surface area contributed by atoms with Crippen molar-refractivity contribution in [2.75, 3.05) is 25.3 Å². The van der Waals surface area contributed by atoms with Gasteiger partial charge in [0.15, 0.2) is 16.7 Å². The number of thioether (sulfide) groups is 1. The van der Waals surface area contributed by atoms with E-state index in [1.807, 2.05) is 18.2 Å². The first-order chi connectivity index (χ1) is 16.5. The molecule has 1 aromatic heterocycles. The van der Waals surface area contributed by atoms with Gasteiger partial charge in [-0.2, -0.15) is 0 Å². The summed E-state index contributed by atoms with van der Waals surface area (Å²) in [6, 6.07) is 19.5. The zero-order valence-corrected chi connectivity index (χ0v) is 20.2. The van der Waals surface area contributed by atoms with Crippen molar-refractivity contribution in [1.82, 2.24) is 9.55 Å². The van der Waals surface area contributed by atoms with E-state index in [-0.39, 0.29) is 23.8 Å². The molecular formula is C25H22ClN3O4S. The summed E-state index contributed by atoms with van der Waals surface area (Å²) < 4.78 is 12.3. The molecule has 4 rings (SSSR count). The molecule has 9 heteroatoms. The number of carbonyl (C=O) groups is 1. The number of hydrogen-bond acceptors (Lipinski definition) is 6. The fourth-order valence-corrected chi connectivity index (χ4v) is 4.34. The van der Waals surface area contributed by atoms with E-state index in [4.69, 9.17) is 21.1 Å². The van der Waals surface area contributed by atoms with Gasteiger partial charge >= 0.3 is 0 Å². The average Bonchev–Trinajstić information content (AvgIpc) is 2.86. The van der Waals surface area contributed by atoms with Gasteiger partial charge in [-0.1, -0.05) is 41.6 Å². The molecule has 0 radical (unpaired) electrons. The first-order valence-corrected chi connectivity index (χ1v) is 11.7. The maximum Gasteiger partial charge on any atom is 0.262 e. The number of nitrogens with one attached hydrogen (secondary N) is 1. The Labute approximate surface area is 205 Å². The maximum atomic E-state index is 13.3. The molecule has 4 aromatic rings. The second-order valence-electron chi connectivity index (χ2n) is 7.34. The Bertz CT molecular complexity index is 1390. The Balaban J connectivity index is 1.63. The van der Waals surface area contributed by atoms with Gasteiger partial charge in [0.2, 0.25) is 5.91 Å². The first kappa shape index (κ1) is 23.7. The number of hydrogen-bond donors (Lipinski definition) is 1. The molecule has 1 N–H and O–H groups in total. The van der Waals surface area contributed by atoms with Crippen molar-refractivity contribution in [1.29, 1.82) is 0 Å². The van der Waals surface area contributed by atoms with Crippen LogP contribution in [-0.4, -0.2) is 35.4 Å². The largest absolute Gasteiger partial charge is 0.493 e. The molecule has 1 amide bonds. The van der Waals surface area contributed by atoms with Gasteiger partial charge in [-0.3, -0.25) is 14.2 Å². The zero-order chi connectivity index (χ0) is 24.1. The first-order valence-electron chi connectivity index (χ1n) is 10.4. The summed E-state index contributed by atoms with van der Waals surface area (Å²) in [6.45, 7) is 0.262. The Kier molecular flexibility index (Phi) is 7.40. The minimum atomic E-state index is -0.215. The summed E-state index contributed by atoms with van der Waals surface area (Å²) in [4.78, 5) is 30.5. The van der Waals surface area contributed by atoms with Crippen LogP contribution in [0.1, 0.15) is 5.56 Å². The monoisotopic (exact) mass is 495 g/mol. The third-order valence-electron chi connectivity index (χ3n) is 5.08. The topological polar surface area (TPSA) is 82.5 Å². The third-order valence-corrected chi connectivity index (χ3v) is 6.30. The summed E-state index contributed by atoms with van der Waals surface area (Å²) >= 11 is 7.10. The number of fused-ring (bicyclic) bond motifs is 1. The lowest BCUT2D eigenvalue weighted by Crippen LogP contribution is -2.25. The van der Waals surface area contributed by atoms with Crippen LogP contribution < -0.4 is 20.3 Å². The van der Waals surface area contributed by atoms with Crippen LogP contribution in [0.2, 0.25) is 5.02 Å². The molecule has 34 heavy (non-hydrogen) atoms. The van der Waals surface area contributed by atoms with Crippen molar-refractivity contribution in [3.8, 4) is 11.5 Å². The van der Waals surface area contributed by atoms with Crippen molar-refractivity contribution < 1.29 is 14.3 Å². The van der Waals surface area contributed by atoms with E-state index in [0.717, 1.165) is 5.56 Å². The normalized spacial score (nSPS) is 10.8. The van der Waals surface area contributed by atoms with Crippen LogP contribution in [0.4, 0.5) is 5.69 Å². The number of ether oxygens (including phenoxy) is 2. The molecule has 0 atom stereocenters. The molecule has 0 bridgehead atoms. The fraction of sp³-hybridized carbons (Fsp3) is 0.160. The number of halogens is 1. The van der Waals surface area contributed by atoms with Gasteiger partial charge < -0.3 is 14.8 Å². The molecule has 0 aliphatic rings. The van der Waals surface area contributed by atoms with E-state index in [1.54, 1.807) is 67.3 Å². The van der Waals surface area contributed by atoms with Gasteiger partial charge in [0.1, 0.15) is 0 Å². The van der Waals surface area contributed by atoms with Crippen LogP contribution >= 0.6 is 23.4 Å². The van der Waals surface area contributed by atoms with Gasteiger partial charge in [0, 0.05) is 10.7 Å². The van der Waals surface area contributed by atoms with Crippen molar-refractivity contribution in [3.05, 3.63) is 87.7 Å². The highest BCUT2D eigenvalue weighted by atomic mass is 35.5. The zero-order valence-electron chi connectivity index (χ0n) is 18.6. The second-order valence-corrected chi connectivity index (χ2v) is 8.71. The lowest BCUT2D eigenvalue weighted by atomic mass is 10.2. The summed E-state index contributed by atoms with van der Waals surface area (Å²) in [6.07, 6.45) is 0. The maximum absolute atomic E-state index is 13.3. The van der Waals surface area contributed by atoms with Crippen molar-refractivity contribution in [2.24, 2.45) is 0 Å². The molecule has 1 heterocycles. The van der Waals surface area contributed by atoms with Gasteiger partial charge in [0.05, 0.1) is 37.4 Å². The number of nitrogens with zero attached hydrogens (tertiary/aromatic N) is 2. The summed E-state index contributed by atoms with van der Waals surface area (Å²) in [5, 5.41) is 4.37. The SMILES string of the molecule is COc1ccc(Cn2c(SCC(=O)Nc3ccc(Cl)cc3)nc3ccccc3c2=O)cc1OC. The highest BCUT2D eigenvalue weighted by molar-refractivity contribution is 7.99. The third kappa shape index (κ3) is 5.35. The van der Waals surface area contributed by atoms with Crippen LogP contribution in [0.5, 0.6) is 11.5 Å². The predicted octanol–water partition coefficient (Wildman–Crippen LogP) is 4.85. The second kappa shape index (κ2) is 10.6. The molecule has 0 spiro atoms. The number of amides is 1. The summed E-state index contributed by atoms with van der Waals surface area (Å²) in [5.74, 6) is 1.04. The molecule has 3 aromatic carbocycles. The summed E-state index contributed by atoms with van der Waals surface area (Å²) in [5.41, 5.74) is 1.88. The molecule has 0 aliphatic carbocycles. The van der Waals surface area contributed by atoms with Crippen molar-refractivity contribution in [3.63, 3.8) is 0 Å². The number of carbonyl (C=O) groups excluding carboxylic acids is 1. The van der Waals surface area contributed by atoms with Crippen LogP contribution in [0, 0.1) is 0 Å². The molecule has 0 fully saturated rings. The quantitative estimate of drug-likeness (QED) is 0.278. The highest BCUT2D eigenvalue weighted by Crippen LogP contribution is 2.28. The number of aromatic nitrogens is 2. The average molecular weight is 496 g/mol. The molecular weight excluding hydrogens is 474 g/mol. The van der Waals surface area contributed by atoms with E-state index in [0.29, 0.717) is 38.3 Å². The number of anilines is 1. The van der Waals surface area contributed by atoms with Crippen molar-refractivity contribution in [2.45, 2.75) is 11.7 Å². The van der Waals surface area contributed by atoms with Crippen LogP contribution in [-0.2, 0) is 11.3 Å². The van der Waals surface area contributed by atoms with E-state index in [9.17, 15) is 9.59 Å². The van der Waals surface area contributed by atoms with Crippen molar-refractivity contribution >= 4 is 45.9 Å². The Hall–Kier alpha value is -3.49. The van der Waals surface area contributed by atoms with Crippen LogP contribution in [0.3, 0.4) is 0 Å². The van der Waals surface area contributed by atoms with Gasteiger partial charge in [-0.15, -0.1) is 0 Å². The molecule has 0 unspecified atom stereocenters. The van der Waals surface area contributed by atoms with Gasteiger partial charge in [0.25, 0.3) is 5.56 Å². The number of benzene rings is 3. The molecule has 0 saturated carbocycles. The molecule has 0 aliphatic heterocycles. The number of rotatable bonds is 8. The van der Waals surface area contributed by atoms with E-state index < -0.39 is 0 Å². The minimum Gasteiger partial charge on any atom is -0.493 e. The Morgan fingerprint density at radius 1 is 1.03 bits per heavy atom. The Morgan fingerprint density at radius 2 is 1.76 bits per heavy atom. The van der Waals surface area contributed by atoms with Crippen LogP contribution in [0.25, 0.3) is 10.9 Å². The number of para-hydroxylation sites is 1. The molecule has 7 nitrogen and oxygen atoms in total. The standard InChI is InChI=1S/C25H22ClN3O4S/c1-32-21-12-7-16(13-22(21)33-2)14-29-24(31)19-5-3-4-6-20(19)28-25(29)34-15-23(30)27-18-10-8-17(26)9-11-18/h3-13H,14-15H2,1-2H3,(H,27,30). The lowest BCUT2D eigenvalue weighted by Gasteiger charge is -2.15. The van der Waals surface area contributed by atoms with Gasteiger partial charge in [-0.25, -0.2) is 4.98 Å². The fourth-order valence-electron chi connectivity index (χ4n) is 3.42. The molecule has 174 valence electrons. The smallest absolute Gasteiger partial charge is 0.262 e. The van der Waals surface area contributed by atoms with Crippen LogP contribution in [0.15, 0.2) is 76.7 Å². The predicted molar refractivity (Wildman–Crippen MR) is 135 cm³/mol. The van der Waals surface area contributed by atoms with Gasteiger partial charge in [-0.05, 0) is 54.1 Å². The van der Waals surface area contributed by atoms with E-state index in [1.165, 1.54) is 11.8 Å². The highest BCUT2D eigenvalue weighted by Gasteiger charge is 2.15. The lowest BCUT2D eigenvalue weighted by molar-refractivity contribution is -0.113. The minimum absolute atomic E-state index is 0.0827. The van der Waals surface area contributed by atoms with E-state index in [2.05, 4.69) is 10.3 Å². The Morgan fingerprint density at radius 3 is 2.50 bits per heavy atom. The number of methoxy groups -OCH3 is 2. The molecule has 0 saturated heterocycles. The summed E-state index contributed by atoms with van der Waals surface area (Å²) in [7, 11) is 3.13. The van der Waals surface area contributed by atoms with E-state index >= 15 is 0 Å².